The summed E-state index contributed by atoms with van der Waals surface area (Å²) in [6.07, 6.45) is 3.36. The van der Waals surface area contributed by atoms with Gasteiger partial charge in [0.15, 0.2) is 0 Å². The van der Waals surface area contributed by atoms with Gasteiger partial charge in [0.25, 0.3) is 0 Å². The van der Waals surface area contributed by atoms with Crippen LogP contribution in [0, 0.1) is 0 Å². The third-order valence-electron chi connectivity index (χ3n) is 6.50. The highest BCUT2D eigenvalue weighted by Gasteiger charge is 2.39. The number of para-hydroxylation sites is 2. The van der Waals surface area contributed by atoms with E-state index in [1.807, 2.05) is 30.3 Å². The Morgan fingerprint density at radius 3 is 2.17 bits per heavy atom. The average molecular weight is 426 g/mol. The molecule has 0 heterocycles. The van der Waals surface area contributed by atoms with Crippen LogP contribution < -0.4 is 9.74 Å². The Morgan fingerprint density at radius 2 is 1.53 bits per heavy atom. The maximum atomic E-state index is 12.2. The summed E-state index contributed by atoms with van der Waals surface area (Å²) >= 11 is 0. The first kappa shape index (κ1) is 22.4. The normalized spacial score (nSPS) is 19.8. The zero-order valence-electron chi connectivity index (χ0n) is 18.9. The number of benzene rings is 2. The van der Waals surface area contributed by atoms with Crippen LogP contribution >= 0.6 is 0 Å². The lowest BCUT2D eigenvalue weighted by molar-refractivity contribution is 0.0820. The summed E-state index contributed by atoms with van der Waals surface area (Å²) in [5.41, 5.74) is 2.06. The molecule has 5 heteroatoms. The van der Waals surface area contributed by atoms with Crippen molar-refractivity contribution in [1.29, 1.82) is 0 Å². The summed E-state index contributed by atoms with van der Waals surface area (Å²) < 4.78 is 12.3. The minimum atomic E-state index is -1.89. The predicted octanol–water partition coefficient (Wildman–Crippen LogP) is 7.35. The van der Waals surface area contributed by atoms with Crippen molar-refractivity contribution in [2.24, 2.45) is 0 Å². The molecule has 0 bridgehead atoms. The molecule has 30 heavy (non-hydrogen) atoms. The molecule has 3 rings (SSSR count). The van der Waals surface area contributed by atoms with Crippen LogP contribution in [0.2, 0.25) is 18.1 Å². The van der Waals surface area contributed by atoms with Crippen LogP contribution in [0.3, 0.4) is 0 Å². The van der Waals surface area contributed by atoms with Crippen LogP contribution in [0.15, 0.2) is 54.6 Å². The van der Waals surface area contributed by atoms with Crippen molar-refractivity contribution in [3.05, 3.63) is 60.2 Å². The van der Waals surface area contributed by atoms with Gasteiger partial charge in [-0.3, -0.25) is 5.32 Å². The summed E-state index contributed by atoms with van der Waals surface area (Å²) in [4.78, 5) is 12.2. The van der Waals surface area contributed by atoms with Gasteiger partial charge in [-0.15, -0.1) is 0 Å². The summed E-state index contributed by atoms with van der Waals surface area (Å²) in [7, 11) is -1.89. The van der Waals surface area contributed by atoms with Crippen molar-refractivity contribution in [3.8, 4) is 5.75 Å². The summed E-state index contributed by atoms with van der Waals surface area (Å²) in [6.45, 7) is 11.4. The molecule has 1 amide bonds. The zero-order chi connectivity index (χ0) is 21.8. The fourth-order valence-electron chi connectivity index (χ4n) is 3.65. The number of rotatable bonds is 5. The minimum absolute atomic E-state index is 0.0292. The smallest absolute Gasteiger partial charge is 0.411 e. The molecule has 0 atom stereocenters. The molecule has 0 saturated heterocycles. The molecule has 162 valence electrons. The molecule has 0 spiro atoms. The number of carbonyl (C=O) groups is 1. The number of hydrogen-bond donors (Lipinski definition) is 1. The van der Waals surface area contributed by atoms with Gasteiger partial charge < -0.3 is 9.16 Å². The highest BCUT2D eigenvalue weighted by atomic mass is 28.4. The van der Waals surface area contributed by atoms with Gasteiger partial charge in [0, 0.05) is 5.69 Å². The van der Waals surface area contributed by atoms with Crippen molar-refractivity contribution in [2.45, 2.75) is 76.6 Å². The first-order valence-electron chi connectivity index (χ1n) is 11.0. The molecule has 0 radical (unpaired) electrons. The molecule has 0 aliphatic heterocycles. The second-order valence-corrected chi connectivity index (χ2v) is 14.5. The number of anilines is 1. The SMILES string of the molecule is CC(C)(C)[Si](C)(C)Oc1ccccc1C1CCC(OC(=O)Nc2ccccc2)CC1. The fourth-order valence-corrected chi connectivity index (χ4v) is 4.69. The predicted molar refractivity (Wildman–Crippen MR) is 126 cm³/mol. The third-order valence-corrected chi connectivity index (χ3v) is 10.8. The van der Waals surface area contributed by atoms with Crippen molar-refractivity contribution in [1.82, 2.24) is 0 Å². The number of amides is 1. The average Bonchev–Trinajstić information content (AvgIpc) is 2.69. The molecule has 2 aromatic rings. The van der Waals surface area contributed by atoms with Crippen molar-refractivity contribution in [3.63, 3.8) is 0 Å². The van der Waals surface area contributed by atoms with E-state index in [2.05, 4.69) is 63.4 Å². The van der Waals surface area contributed by atoms with E-state index in [9.17, 15) is 4.79 Å². The van der Waals surface area contributed by atoms with E-state index in [1.165, 1.54) is 5.56 Å². The second-order valence-electron chi connectivity index (χ2n) is 9.77. The maximum Gasteiger partial charge on any atom is 0.411 e. The van der Waals surface area contributed by atoms with Crippen molar-refractivity contribution >= 4 is 20.1 Å². The number of carbonyl (C=O) groups excluding carboxylic acids is 1. The molecule has 4 nitrogen and oxygen atoms in total. The van der Waals surface area contributed by atoms with Crippen LogP contribution in [0.4, 0.5) is 10.5 Å². The first-order valence-corrected chi connectivity index (χ1v) is 13.9. The molecule has 1 aliphatic rings. The van der Waals surface area contributed by atoms with Crippen LogP contribution in [0.1, 0.15) is 57.9 Å². The maximum absolute atomic E-state index is 12.2. The Labute approximate surface area is 182 Å². The first-order chi connectivity index (χ1) is 14.2. The minimum Gasteiger partial charge on any atom is -0.543 e. The lowest BCUT2D eigenvalue weighted by Crippen LogP contribution is -2.44. The van der Waals surface area contributed by atoms with Crippen LogP contribution in [-0.4, -0.2) is 20.5 Å². The van der Waals surface area contributed by atoms with E-state index in [0.717, 1.165) is 37.1 Å². The highest BCUT2D eigenvalue weighted by molar-refractivity contribution is 6.74. The van der Waals surface area contributed by atoms with Gasteiger partial charge in [-0.1, -0.05) is 57.2 Å². The van der Waals surface area contributed by atoms with E-state index in [-0.39, 0.29) is 17.2 Å². The van der Waals surface area contributed by atoms with E-state index >= 15 is 0 Å². The van der Waals surface area contributed by atoms with Gasteiger partial charge in [0.1, 0.15) is 11.9 Å². The number of hydrogen-bond acceptors (Lipinski definition) is 3. The van der Waals surface area contributed by atoms with E-state index in [0.29, 0.717) is 5.92 Å². The molecule has 1 aliphatic carbocycles. The Hall–Kier alpha value is -2.27. The molecule has 1 N–H and O–H groups in total. The molecule has 1 fully saturated rings. The summed E-state index contributed by atoms with van der Waals surface area (Å²) in [6, 6.07) is 17.9. The molecule has 1 saturated carbocycles. The summed E-state index contributed by atoms with van der Waals surface area (Å²) in [5.74, 6) is 1.48. The van der Waals surface area contributed by atoms with Crippen LogP contribution in [0.25, 0.3) is 0 Å². The zero-order valence-corrected chi connectivity index (χ0v) is 19.9. The van der Waals surface area contributed by atoms with Gasteiger partial charge in [0.2, 0.25) is 8.32 Å². The lowest BCUT2D eigenvalue weighted by atomic mass is 9.82. The molecule has 2 aromatic carbocycles. The van der Waals surface area contributed by atoms with Gasteiger partial charge in [0.05, 0.1) is 0 Å². The standard InChI is InChI=1S/C25H35NO3Si/c1-25(2,3)30(4,5)29-23-14-10-9-13-22(23)19-15-17-21(18-16-19)28-24(27)26-20-11-7-6-8-12-20/h6-14,19,21H,15-18H2,1-5H3,(H,26,27). The quantitative estimate of drug-likeness (QED) is 0.510. The van der Waals surface area contributed by atoms with E-state index < -0.39 is 8.32 Å². The van der Waals surface area contributed by atoms with Crippen LogP contribution in [-0.2, 0) is 4.74 Å². The van der Waals surface area contributed by atoms with Gasteiger partial charge in [-0.25, -0.2) is 4.79 Å². The molecule has 0 aromatic heterocycles. The van der Waals surface area contributed by atoms with E-state index in [1.54, 1.807) is 0 Å². The third kappa shape index (κ3) is 5.66. The monoisotopic (exact) mass is 425 g/mol. The van der Waals surface area contributed by atoms with Crippen molar-refractivity contribution < 1.29 is 14.0 Å². The van der Waals surface area contributed by atoms with Gasteiger partial charge >= 0.3 is 6.09 Å². The lowest BCUT2D eigenvalue weighted by Gasteiger charge is -2.38. The topological polar surface area (TPSA) is 47.6 Å². The second kappa shape index (κ2) is 9.25. The molecular weight excluding hydrogens is 390 g/mol. The van der Waals surface area contributed by atoms with Crippen LogP contribution in [0.5, 0.6) is 5.75 Å². The Balaban J connectivity index is 1.58. The van der Waals surface area contributed by atoms with Gasteiger partial charge in [-0.05, 0) is 73.5 Å². The fraction of sp³-hybridized carbons (Fsp3) is 0.480. The largest absolute Gasteiger partial charge is 0.543 e. The van der Waals surface area contributed by atoms with E-state index in [4.69, 9.17) is 9.16 Å². The Bertz CT molecular complexity index is 837. The Morgan fingerprint density at radius 1 is 0.933 bits per heavy atom. The molecule has 0 unspecified atom stereocenters. The number of ether oxygens (including phenoxy) is 1. The number of nitrogens with one attached hydrogen (secondary N) is 1. The Kier molecular flexibility index (Phi) is 6.91. The van der Waals surface area contributed by atoms with Gasteiger partial charge in [-0.2, -0.15) is 0 Å². The highest BCUT2D eigenvalue weighted by Crippen LogP contribution is 2.42. The van der Waals surface area contributed by atoms with Crippen molar-refractivity contribution in [2.75, 3.05) is 5.32 Å². The summed E-state index contributed by atoms with van der Waals surface area (Å²) in [5, 5.41) is 2.97. The molecular formula is C25H35NO3Si.